The SMILES string of the molecule is CCCC(NC(=O)c1cncc(F)c1)c1cn(-c2cncc(C(=O)O)c2)nn1. The van der Waals surface area contributed by atoms with E-state index < -0.39 is 23.7 Å². The molecule has 144 valence electrons. The van der Waals surface area contributed by atoms with Crippen molar-refractivity contribution in [1.29, 1.82) is 0 Å². The molecule has 0 aliphatic carbocycles. The first-order valence-electron chi connectivity index (χ1n) is 8.50. The van der Waals surface area contributed by atoms with E-state index in [2.05, 4.69) is 25.6 Å². The van der Waals surface area contributed by atoms with E-state index in [4.69, 9.17) is 5.11 Å². The van der Waals surface area contributed by atoms with Crippen LogP contribution in [-0.2, 0) is 0 Å². The highest BCUT2D eigenvalue weighted by molar-refractivity contribution is 5.94. The summed E-state index contributed by atoms with van der Waals surface area (Å²) in [5, 5.41) is 20.0. The van der Waals surface area contributed by atoms with Gasteiger partial charge in [0, 0.05) is 12.4 Å². The number of aromatic carboxylic acids is 1. The molecule has 0 saturated carbocycles. The van der Waals surface area contributed by atoms with E-state index in [0.29, 0.717) is 17.8 Å². The fourth-order valence-electron chi connectivity index (χ4n) is 2.59. The van der Waals surface area contributed by atoms with Gasteiger partial charge in [-0.3, -0.25) is 14.8 Å². The highest BCUT2D eigenvalue weighted by atomic mass is 19.1. The molecule has 28 heavy (non-hydrogen) atoms. The average Bonchev–Trinajstić information content (AvgIpc) is 3.18. The van der Waals surface area contributed by atoms with Gasteiger partial charge < -0.3 is 10.4 Å². The Labute approximate surface area is 159 Å². The molecule has 1 atom stereocenters. The smallest absolute Gasteiger partial charge is 0.337 e. The average molecular weight is 384 g/mol. The number of aromatic nitrogens is 5. The molecule has 0 aliphatic rings. The summed E-state index contributed by atoms with van der Waals surface area (Å²) in [6, 6.07) is 2.07. The lowest BCUT2D eigenvalue weighted by atomic mass is 10.1. The van der Waals surface area contributed by atoms with Crippen molar-refractivity contribution < 1.29 is 19.1 Å². The Morgan fingerprint density at radius 1 is 1.18 bits per heavy atom. The second-order valence-electron chi connectivity index (χ2n) is 6.03. The van der Waals surface area contributed by atoms with Crippen LogP contribution in [-0.4, -0.2) is 41.9 Å². The van der Waals surface area contributed by atoms with Gasteiger partial charge in [-0.1, -0.05) is 18.6 Å². The van der Waals surface area contributed by atoms with Crippen LogP contribution in [0.1, 0.15) is 52.2 Å². The summed E-state index contributed by atoms with van der Waals surface area (Å²) < 4.78 is 14.7. The lowest BCUT2D eigenvalue weighted by Gasteiger charge is -2.15. The highest BCUT2D eigenvalue weighted by Gasteiger charge is 2.19. The minimum absolute atomic E-state index is 0.0200. The van der Waals surface area contributed by atoms with Crippen molar-refractivity contribution in [3.05, 3.63) is 65.8 Å². The van der Waals surface area contributed by atoms with Crippen LogP contribution in [0.3, 0.4) is 0 Å². The van der Waals surface area contributed by atoms with Gasteiger partial charge in [0.2, 0.25) is 0 Å². The van der Waals surface area contributed by atoms with E-state index in [1.807, 2.05) is 6.92 Å². The normalized spacial score (nSPS) is 11.8. The quantitative estimate of drug-likeness (QED) is 0.640. The number of carbonyl (C=O) groups excluding carboxylic acids is 1. The molecule has 3 heterocycles. The fourth-order valence-corrected chi connectivity index (χ4v) is 2.59. The van der Waals surface area contributed by atoms with Gasteiger partial charge in [0.15, 0.2) is 0 Å². The Morgan fingerprint density at radius 3 is 2.64 bits per heavy atom. The number of hydrogen-bond donors (Lipinski definition) is 2. The summed E-state index contributed by atoms with van der Waals surface area (Å²) in [4.78, 5) is 31.1. The molecule has 0 saturated heterocycles. The van der Waals surface area contributed by atoms with Gasteiger partial charge in [-0.05, 0) is 18.6 Å². The summed E-state index contributed by atoms with van der Waals surface area (Å²) >= 11 is 0. The monoisotopic (exact) mass is 384 g/mol. The standard InChI is InChI=1S/C18H17FN6O3/c1-2-3-15(22-17(26)11-4-13(19)8-20-6-11)16-10-25(24-23-16)14-5-12(18(27)28)7-21-9-14/h4-10,15H,2-3H2,1H3,(H,22,26)(H,27,28). The van der Waals surface area contributed by atoms with Gasteiger partial charge in [0.1, 0.15) is 11.5 Å². The van der Waals surface area contributed by atoms with Crippen LogP contribution in [0.4, 0.5) is 4.39 Å². The van der Waals surface area contributed by atoms with Crippen LogP contribution >= 0.6 is 0 Å². The van der Waals surface area contributed by atoms with Gasteiger partial charge in [-0.25, -0.2) is 13.9 Å². The van der Waals surface area contributed by atoms with E-state index in [1.54, 1.807) is 6.20 Å². The Balaban J connectivity index is 1.82. The second kappa shape index (κ2) is 8.33. The summed E-state index contributed by atoms with van der Waals surface area (Å²) in [5.74, 6) is -2.18. The fraction of sp³-hybridized carbons (Fsp3) is 0.222. The Morgan fingerprint density at radius 2 is 1.93 bits per heavy atom. The first-order valence-corrected chi connectivity index (χ1v) is 8.50. The van der Waals surface area contributed by atoms with Crippen LogP contribution in [0, 0.1) is 5.82 Å². The van der Waals surface area contributed by atoms with Crippen molar-refractivity contribution in [3.63, 3.8) is 0 Å². The Kier molecular flexibility index (Phi) is 5.68. The molecule has 9 nitrogen and oxygen atoms in total. The number of nitrogens with zero attached hydrogens (tertiary/aromatic N) is 5. The zero-order valence-corrected chi connectivity index (χ0v) is 14.9. The second-order valence-corrected chi connectivity index (χ2v) is 6.03. The third-order valence-electron chi connectivity index (χ3n) is 3.95. The summed E-state index contributed by atoms with van der Waals surface area (Å²) in [7, 11) is 0. The zero-order chi connectivity index (χ0) is 20.1. The molecular formula is C18H17FN6O3. The maximum Gasteiger partial charge on any atom is 0.337 e. The molecule has 10 heteroatoms. The van der Waals surface area contributed by atoms with Crippen molar-refractivity contribution >= 4 is 11.9 Å². The number of pyridine rings is 2. The molecule has 1 unspecified atom stereocenters. The van der Waals surface area contributed by atoms with Crippen molar-refractivity contribution in [3.8, 4) is 5.69 Å². The summed E-state index contributed by atoms with van der Waals surface area (Å²) in [5.41, 5.74) is 1.04. The number of carboxylic acids is 1. The topological polar surface area (TPSA) is 123 Å². The summed E-state index contributed by atoms with van der Waals surface area (Å²) in [6.45, 7) is 1.95. The predicted molar refractivity (Wildman–Crippen MR) is 95.4 cm³/mol. The molecule has 0 spiro atoms. The van der Waals surface area contributed by atoms with E-state index in [1.165, 1.54) is 29.3 Å². The van der Waals surface area contributed by atoms with Gasteiger partial charge >= 0.3 is 5.97 Å². The first-order chi connectivity index (χ1) is 13.5. The lowest BCUT2D eigenvalue weighted by molar-refractivity contribution is 0.0696. The summed E-state index contributed by atoms with van der Waals surface area (Å²) in [6.07, 6.45) is 7.92. The van der Waals surface area contributed by atoms with Crippen LogP contribution in [0.2, 0.25) is 0 Å². The molecule has 3 aromatic rings. The van der Waals surface area contributed by atoms with Crippen LogP contribution in [0.15, 0.2) is 43.1 Å². The molecule has 0 bridgehead atoms. The van der Waals surface area contributed by atoms with E-state index in [9.17, 15) is 14.0 Å². The van der Waals surface area contributed by atoms with Gasteiger partial charge in [-0.15, -0.1) is 5.10 Å². The van der Waals surface area contributed by atoms with Crippen molar-refractivity contribution in [2.24, 2.45) is 0 Å². The number of halogens is 1. The molecule has 0 aliphatic heterocycles. The van der Waals surface area contributed by atoms with E-state index in [-0.39, 0.29) is 11.1 Å². The van der Waals surface area contributed by atoms with E-state index >= 15 is 0 Å². The number of nitrogens with one attached hydrogen (secondary N) is 1. The Bertz CT molecular complexity index is 1010. The first kappa shape index (κ1) is 19.1. The zero-order valence-electron chi connectivity index (χ0n) is 14.9. The maximum atomic E-state index is 13.3. The molecule has 0 aromatic carbocycles. The van der Waals surface area contributed by atoms with Gasteiger partial charge in [0.05, 0.1) is 41.4 Å². The molecule has 0 radical (unpaired) electrons. The number of carboxylic acid groups (broad SMARTS) is 1. The number of hydrogen-bond acceptors (Lipinski definition) is 6. The van der Waals surface area contributed by atoms with Crippen molar-refractivity contribution in [1.82, 2.24) is 30.3 Å². The predicted octanol–water partition coefficient (Wildman–Crippen LogP) is 2.17. The van der Waals surface area contributed by atoms with Gasteiger partial charge in [-0.2, -0.15) is 0 Å². The van der Waals surface area contributed by atoms with Crippen molar-refractivity contribution in [2.75, 3.05) is 0 Å². The van der Waals surface area contributed by atoms with Crippen LogP contribution < -0.4 is 5.32 Å². The minimum Gasteiger partial charge on any atom is -0.478 e. The maximum absolute atomic E-state index is 13.3. The third kappa shape index (κ3) is 4.34. The highest BCUT2D eigenvalue weighted by Crippen LogP contribution is 2.18. The molecular weight excluding hydrogens is 367 g/mol. The van der Waals surface area contributed by atoms with Crippen molar-refractivity contribution in [2.45, 2.75) is 25.8 Å². The van der Waals surface area contributed by atoms with Gasteiger partial charge in [0.25, 0.3) is 5.91 Å². The molecule has 1 amide bonds. The van der Waals surface area contributed by atoms with Crippen LogP contribution in [0.5, 0.6) is 0 Å². The molecule has 0 fully saturated rings. The Hall–Kier alpha value is -3.69. The van der Waals surface area contributed by atoms with Crippen LogP contribution in [0.25, 0.3) is 5.69 Å². The molecule has 2 N–H and O–H groups in total. The number of amides is 1. The third-order valence-corrected chi connectivity index (χ3v) is 3.95. The molecule has 3 aromatic heterocycles. The largest absolute Gasteiger partial charge is 0.478 e. The lowest BCUT2D eigenvalue weighted by Crippen LogP contribution is -2.29. The number of rotatable bonds is 7. The minimum atomic E-state index is -1.10. The van der Waals surface area contributed by atoms with E-state index in [0.717, 1.165) is 18.7 Å². The number of carbonyl (C=O) groups is 2. The molecule has 3 rings (SSSR count).